The highest BCUT2D eigenvalue weighted by Crippen LogP contribution is 2.22. The first-order valence-corrected chi connectivity index (χ1v) is 8.53. The average Bonchev–Trinajstić information content (AvgIpc) is 3.28. The highest BCUT2D eigenvalue weighted by molar-refractivity contribution is 5.79. The molecule has 1 aromatic carbocycles. The number of fused-ring (bicyclic) bond motifs is 2. The Hall–Kier alpha value is -3.61. The number of benzene rings is 1. The molecule has 0 bridgehead atoms. The number of hydrogen-bond donors (Lipinski definition) is 0. The number of aryl methyl sites for hydroxylation is 1. The van der Waals surface area contributed by atoms with Gasteiger partial charge in [-0.1, -0.05) is 6.07 Å². The van der Waals surface area contributed by atoms with Crippen LogP contribution in [0.4, 0.5) is 4.39 Å². The van der Waals surface area contributed by atoms with E-state index in [1.807, 2.05) is 43.6 Å². The minimum absolute atomic E-state index is 0.278. The van der Waals surface area contributed by atoms with Crippen molar-refractivity contribution in [3.63, 3.8) is 0 Å². The van der Waals surface area contributed by atoms with Crippen LogP contribution in [0.3, 0.4) is 0 Å². The minimum Gasteiger partial charge on any atom is -0.275 e. The van der Waals surface area contributed by atoms with E-state index < -0.39 is 0 Å². The van der Waals surface area contributed by atoms with Crippen LogP contribution in [0.2, 0.25) is 0 Å². The van der Waals surface area contributed by atoms with Gasteiger partial charge in [-0.15, -0.1) is 0 Å². The van der Waals surface area contributed by atoms with Crippen LogP contribution in [-0.2, 0) is 13.5 Å². The van der Waals surface area contributed by atoms with Crippen LogP contribution in [-0.4, -0.2) is 29.4 Å². The summed E-state index contributed by atoms with van der Waals surface area (Å²) >= 11 is 0. The third-order valence-electron chi connectivity index (χ3n) is 4.58. The molecule has 0 fully saturated rings. The van der Waals surface area contributed by atoms with Gasteiger partial charge in [0, 0.05) is 42.9 Å². The molecule has 27 heavy (non-hydrogen) atoms. The zero-order valence-corrected chi connectivity index (χ0v) is 14.5. The molecule has 0 aliphatic heterocycles. The van der Waals surface area contributed by atoms with E-state index in [4.69, 9.17) is 0 Å². The molecule has 0 unspecified atom stereocenters. The first-order chi connectivity index (χ1) is 13.2. The first kappa shape index (κ1) is 15.6. The van der Waals surface area contributed by atoms with Crippen molar-refractivity contribution >= 4 is 16.6 Å². The number of halogens is 1. The molecule has 0 spiro atoms. The van der Waals surface area contributed by atoms with Crippen molar-refractivity contribution in [3.8, 4) is 11.3 Å². The number of pyridine rings is 1. The van der Waals surface area contributed by atoms with Crippen LogP contribution in [0.25, 0.3) is 27.8 Å². The quantitative estimate of drug-likeness (QED) is 0.496. The summed E-state index contributed by atoms with van der Waals surface area (Å²) < 4.78 is 18.0. The lowest BCUT2D eigenvalue weighted by Crippen LogP contribution is -2.01. The van der Waals surface area contributed by atoms with Crippen molar-refractivity contribution in [2.24, 2.45) is 7.05 Å². The Bertz CT molecular complexity index is 1290. The number of nitrogens with zero attached hydrogens (tertiary/aromatic N) is 6. The van der Waals surface area contributed by atoms with Gasteiger partial charge in [-0.05, 0) is 29.8 Å². The lowest BCUT2D eigenvalue weighted by atomic mass is 10.1. The van der Waals surface area contributed by atoms with E-state index in [2.05, 4.69) is 20.2 Å². The maximum absolute atomic E-state index is 14.6. The molecule has 6 nitrogen and oxygen atoms in total. The molecule has 0 aliphatic rings. The van der Waals surface area contributed by atoms with Gasteiger partial charge in [0.15, 0.2) is 5.65 Å². The van der Waals surface area contributed by atoms with E-state index in [0.29, 0.717) is 17.5 Å². The van der Waals surface area contributed by atoms with E-state index in [0.717, 1.165) is 28.0 Å². The normalized spacial score (nSPS) is 11.5. The van der Waals surface area contributed by atoms with E-state index in [1.165, 1.54) is 6.07 Å². The zero-order chi connectivity index (χ0) is 18.4. The summed E-state index contributed by atoms with van der Waals surface area (Å²) in [4.78, 5) is 8.59. The number of aromatic nitrogens is 6. The lowest BCUT2D eigenvalue weighted by Gasteiger charge is -2.06. The van der Waals surface area contributed by atoms with Crippen molar-refractivity contribution in [3.05, 3.63) is 78.3 Å². The first-order valence-electron chi connectivity index (χ1n) is 8.53. The Balaban J connectivity index is 1.58. The van der Waals surface area contributed by atoms with Gasteiger partial charge in [0.2, 0.25) is 0 Å². The van der Waals surface area contributed by atoms with Crippen LogP contribution in [0.1, 0.15) is 11.3 Å². The monoisotopic (exact) mass is 358 g/mol. The standard InChI is InChI=1S/C20H15FN6/c1-26-12-15(10-24-26)18-4-5-20-23-11-16(27(20)25-18)8-14-7-13-3-2-6-22-19(13)9-17(14)21/h2-7,9-12H,8H2,1H3. The van der Waals surface area contributed by atoms with Crippen molar-refractivity contribution in [1.29, 1.82) is 0 Å². The maximum atomic E-state index is 14.6. The molecular formula is C20H15FN6. The summed E-state index contributed by atoms with van der Waals surface area (Å²) in [5.41, 5.74) is 4.48. The van der Waals surface area contributed by atoms with Gasteiger partial charge in [-0.3, -0.25) is 9.67 Å². The van der Waals surface area contributed by atoms with Gasteiger partial charge in [0.05, 0.1) is 29.3 Å². The second-order valence-corrected chi connectivity index (χ2v) is 6.46. The van der Waals surface area contributed by atoms with Crippen molar-refractivity contribution in [2.75, 3.05) is 0 Å². The smallest absolute Gasteiger partial charge is 0.153 e. The summed E-state index contributed by atoms with van der Waals surface area (Å²) in [6.07, 6.45) is 7.46. The second-order valence-electron chi connectivity index (χ2n) is 6.46. The molecule has 7 heteroatoms. The van der Waals surface area contributed by atoms with Gasteiger partial charge in [0.25, 0.3) is 0 Å². The van der Waals surface area contributed by atoms with Crippen molar-refractivity contribution in [2.45, 2.75) is 6.42 Å². The van der Waals surface area contributed by atoms with Crippen LogP contribution < -0.4 is 0 Å². The van der Waals surface area contributed by atoms with Crippen LogP contribution in [0.15, 0.2) is 61.2 Å². The number of rotatable bonds is 3. The van der Waals surface area contributed by atoms with Gasteiger partial charge < -0.3 is 0 Å². The molecule has 0 atom stereocenters. The third kappa shape index (κ3) is 2.73. The average molecular weight is 358 g/mol. The van der Waals surface area contributed by atoms with E-state index in [9.17, 15) is 4.39 Å². The summed E-state index contributed by atoms with van der Waals surface area (Å²) in [5.74, 6) is -0.278. The molecule has 0 amide bonds. The summed E-state index contributed by atoms with van der Waals surface area (Å²) in [6, 6.07) is 10.9. The molecule has 5 rings (SSSR count). The van der Waals surface area contributed by atoms with Gasteiger partial charge in [0.1, 0.15) is 5.82 Å². The Kier molecular flexibility index (Phi) is 3.46. The predicted molar refractivity (Wildman–Crippen MR) is 99.7 cm³/mol. The molecule has 4 aromatic heterocycles. The number of hydrogen-bond acceptors (Lipinski definition) is 4. The maximum Gasteiger partial charge on any atom is 0.153 e. The molecule has 0 N–H and O–H groups in total. The minimum atomic E-state index is -0.278. The Morgan fingerprint density at radius 2 is 2.00 bits per heavy atom. The van der Waals surface area contributed by atoms with Gasteiger partial charge in [-0.2, -0.15) is 10.2 Å². The molecular weight excluding hydrogens is 343 g/mol. The van der Waals surface area contributed by atoms with Crippen LogP contribution in [0, 0.1) is 5.82 Å². The molecule has 0 saturated carbocycles. The van der Waals surface area contributed by atoms with Crippen molar-refractivity contribution in [1.82, 2.24) is 29.4 Å². The van der Waals surface area contributed by atoms with E-state index >= 15 is 0 Å². The molecule has 0 saturated heterocycles. The van der Waals surface area contributed by atoms with E-state index in [1.54, 1.807) is 27.8 Å². The molecule has 132 valence electrons. The van der Waals surface area contributed by atoms with Crippen LogP contribution in [0.5, 0.6) is 0 Å². The second kappa shape index (κ2) is 5.98. The lowest BCUT2D eigenvalue weighted by molar-refractivity contribution is 0.614. The molecule has 4 heterocycles. The summed E-state index contributed by atoms with van der Waals surface area (Å²) in [7, 11) is 1.86. The molecule has 0 aliphatic carbocycles. The van der Waals surface area contributed by atoms with E-state index in [-0.39, 0.29) is 5.82 Å². The molecule has 0 radical (unpaired) electrons. The fourth-order valence-electron chi connectivity index (χ4n) is 3.22. The third-order valence-corrected chi connectivity index (χ3v) is 4.58. The Morgan fingerprint density at radius 3 is 2.85 bits per heavy atom. The summed E-state index contributed by atoms with van der Waals surface area (Å²) in [6.45, 7) is 0. The Morgan fingerprint density at radius 1 is 1.07 bits per heavy atom. The fraction of sp³-hybridized carbons (Fsp3) is 0.100. The largest absolute Gasteiger partial charge is 0.275 e. The van der Waals surface area contributed by atoms with Crippen LogP contribution >= 0.6 is 0 Å². The fourth-order valence-corrected chi connectivity index (χ4v) is 3.22. The summed E-state index contributed by atoms with van der Waals surface area (Å²) in [5, 5.41) is 9.77. The van der Waals surface area contributed by atoms with Gasteiger partial charge >= 0.3 is 0 Å². The van der Waals surface area contributed by atoms with Crippen molar-refractivity contribution < 1.29 is 4.39 Å². The predicted octanol–water partition coefficient (Wildman–Crippen LogP) is 3.41. The SMILES string of the molecule is Cn1cc(-c2ccc3ncc(Cc4cc5cccnc5cc4F)n3n2)cn1. The van der Waals surface area contributed by atoms with Gasteiger partial charge in [-0.25, -0.2) is 13.9 Å². The highest BCUT2D eigenvalue weighted by Gasteiger charge is 2.12. The molecule has 5 aromatic rings. The number of imidazole rings is 1. The topological polar surface area (TPSA) is 60.9 Å². The highest BCUT2D eigenvalue weighted by atomic mass is 19.1. The zero-order valence-electron chi connectivity index (χ0n) is 14.5. The Labute approximate surface area is 153 Å².